The Morgan fingerprint density at radius 3 is 2.27 bits per heavy atom. The van der Waals surface area contributed by atoms with E-state index in [-0.39, 0.29) is 15.7 Å². The molecule has 0 atom stereocenters. The zero-order chi connectivity index (χ0) is 18.7. The van der Waals surface area contributed by atoms with Gasteiger partial charge in [0, 0.05) is 24.8 Å². The smallest absolute Gasteiger partial charge is 0.243 e. The van der Waals surface area contributed by atoms with Crippen LogP contribution in [-0.2, 0) is 10.0 Å². The summed E-state index contributed by atoms with van der Waals surface area (Å²) in [5.74, 6) is -1.44. The minimum Gasteiger partial charge on any atom is -0.332 e. The lowest BCUT2D eigenvalue weighted by atomic mass is 10.3. The molecule has 0 bridgehead atoms. The van der Waals surface area contributed by atoms with Crippen molar-refractivity contribution >= 4 is 38.7 Å². The minimum absolute atomic E-state index is 0.0390. The van der Waals surface area contributed by atoms with Crippen LogP contribution in [0.5, 0.6) is 0 Å². The lowest BCUT2D eigenvalue weighted by Crippen LogP contribution is -2.27. The van der Waals surface area contributed by atoms with Crippen molar-refractivity contribution in [3.05, 3.63) is 54.1 Å². The summed E-state index contributed by atoms with van der Waals surface area (Å²) in [7, 11) is -3.47. The number of rotatable bonds is 4. The third-order valence-corrected chi connectivity index (χ3v) is 6.11. The molecule has 9 heteroatoms. The number of nitrogens with one attached hydrogen (secondary N) is 2. The Bertz CT molecular complexity index is 912. The van der Waals surface area contributed by atoms with Crippen LogP contribution in [0.15, 0.2) is 47.4 Å². The van der Waals surface area contributed by atoms with Crippen LogP contribution in [0.3, 0.4) is 0 Å². The highest BCUT2D eigenvalue weighted by Gasteiger charge is 2.26. The number of thiocarbonyl (C=S) groups is 1. The minimum atomic E-state index is -3.47. The zero-order valence-corrected chi connectivity index (χ0v) is 15.3. The standard InChI is InChI=1S/C17H17F2N3O2S2/c18-12-3-8-16(15(19)11-12)21-17(25)20-13-4-6-14(7-5-13)26(23,24)22-9-1-2-10-22/h3-8,11H,1-2,9-10H2,(H2,20,21,25). The number of sulfonamides is 1. The van der Waals surface area contributed by atoms with Gasteiger partial charge in [-0.05, 0) is 61.5 Å². The molecule has 1 aliphatic rings. The van der Waals surface area contributed by atoms with Crippen LogP contribution in [0.1, 0.15) is 12.8 Å². The number of nitrogens with zero attached hydrogens (tertiary/aromatic N) is 1. The van der Waals surface area contributed by atoms with Crippen LogP contribution in [-0.4, -0.2) is 30.9 Å². The summed E-state index contributed by atoms with van der Waals surface area (Å²) in [4.78, 5) is 0.216. The lowest BCUT2D eigenvalue weighted by molar-refractivity contribution is 0.477. The van der Waals surface area contributed by atoms with Gasteiger partial charge in [-0.1, -0.05) is 0 Å². The van der Waals surface area contributed by atoms with Crippen LogP contribution >= 0.6 is 12.2 Å². The fourth-order valence-corrected chi connectivity index (χ4v) is 4.41. The van der Waals surface area contributed by atoms with Gasteiger partial charge in [0.1, 0.15) is 11.6 Å². The van der Waals surface area contributed by atoms with E-state index in [0.717, 1.165) is 25.0 Å². The maximum atomic E-state index is 13.6. The monoisotopic (exact) mass is 397 g/mol. The van der Waals surface area contributed by atoms with E-state index in [1.54, 1.807) is 12.1 Å². The van der Waals surface area contributed by atoms with Crippen LogP contribution in [0.25, 0.3) is 0 Å². The normalized spacial score (nSPS) is 15.0. The molecule has 5 nitrogen and oxygen atoms in total. The van der Waals surface area contributed by atoms with Gasteiger partial charge in [0.2, 0.25) is 10.0 Å². The highest BCUT2D eigenvalue weighted by atomic mass is 32.2. The first kappa shape index (κ1) is 18.7. The fourth-order valence-electron chi connectivity index (χ4n) is 2.66. The van der Waals surface area contributed by atoms with Gasteiger partial charge < -0.3 is 10.6 Å². The molecule has 0 spiro atoms. The van der Waals surface area contributed by atoms with Gasteiger partial charge >= 0.3 is 0 Å². The van der Waals surface area contributed by atoms with Crippen molar-refractivity contribution in [2.75, 3.05) is 23.7 Å². The van der Waals surface area contributed by atoms with Gasteiger partial charge in [-0.15, -0.1) is 0 Å². The molecule has 2 N–H and O–H groups in total. The van der Waals surface area contributed by atoms with Crippen molar-refractivity contribution < 1.29 is 17.2 Å². The van der Waals surface area contributed by atoms with Crippen molar-refractivity contribution in [1.29, 1.82) is 0 Å². The van der Waals surface area contributed by atoms with E-state index in [4.69, 9.17) is 12.2 Å². The molecule has 0 aromatic heterocycles. The first-order chi connectivity index (χ1) is 12.4. The molecule has 2 aromatic rings. The number of hydrogen-bond donors (Lipinski definition) is 2. The Labute approximate surface area is 156 Å². The van der Waals surface area contributed by atoms with E-state index >= 15 is 0 Å². The summed E-state index contributed by atoms with van der Waals surface area (Å²) in [5.41, 5.74) is 0.586. The van der Waals surface area contributed by atoms with E-state index in [1.807, 2.05) is 0 Å². The van der Waals surface area contributed by atoms with Crippen LogP contribution < -0.4 is 10.6 Å². The van der Waals surface area contributed by atoms with Crippen LogP contribution in [0.4, 0.5) is 20.2 Å². The Morgan fingerprint density at radius 2 is 1.65 bits per heavy atom. The van der Waals surface area contributed by atoms with Crippen molar-refractivity contribution in [2.24, 2.45) is 0 Å². The fraction of sp³-hybridized carbons (Fsp3) is 0.235. The predicted molar refractivity (Wildman–Crippen MR) is 101 cm³/mol. The largest absolute Gasteiger partial charge is 0.332 e. The molecule has 3 rings (SSSR count). The van der Waals surface area contributed by atoms with E-state index in [2.05, 4.69) is 10.6 Å². The number of anilines is 2. The number of halogens is 2. The maximum absolute atomic E-state index is 13.6. The Hall–Kier alpha value is -2.10. The number of hydrogen-bond acceptors (Lipinski definition) is 3. The van der Waals surface area contributed by atoms with Crippen molar-refractivity contribution in [1.82, 2.24) is 4.31 Å². The molecular formula is C17H17F2N3O2S2. The summed E-state index contributed by atoms with van der Waals surface area (Å²) in [6.07, 6.45) is 1.75. The Kier molecular flexibility index (Phi) is 5.49. The molecule has 1 heterocycles. The lowest BCUT2D eigenvalue weighted by Gasteiger charge is -2.16. The van der Waals surface area contributed by atoms with E-state index in [1.165, 1.54) is 22.5 Å². The van der Waals surface area contributed by atoms with Gasteiger partial charge in [-0.25, -0.2) is 17.2 Å². The molecule has 1 aliphatic heterocycles. The average molecular weight is 397 g/mol. The molecule has 0 saturated carbocycles. The quantitative estimate of drug-likeness (QED) is 0.773. The molecule has 1 saturated heterocycles. The van der Waals surface area contributed by atoms with E-state index < -0.39 is 21.7 Å². The van der Waals surface area contributed by atoms with Crippen LogP contribution in [0.2, 0.25) is 0 Å². The topological polar surface area (TPSA) is 61.4 Å². The van der Waals surface area contributed by atoms with Crippen molar-refractivity contribution in [3.8, 4) is 0 Å². The molecule has 2 aromatic carbocycles. The second kappa shape index (κ2) is 7.65. The zero-order valence-electron chi connectivity index (χ0n) is 13.7. The van der Waals surface area contributed by atoms with E-state index in [0.29, 0.717) is 18.8 Å². The van der Waals surface area contributed by atoms with Gasteiger partial charge in [0.05, 0.1) is 10.6 Å². The van der Waals surface area contributed by atoms with Crippen molar-refractivity contribution in [2.45, 2.75) is 17.7 Å². The summed E-state index contributed by atoms with van der Waals surface area (Å²) in [5, 5.41) is 5.56. The third-order valence-electron chi connectivity index (χ3n) is 3.99. The molecule has 26 heavy (non-hydrogen) atoms. The first-order valence-corrected chi connectivity index (χ1v) is 9.84. The molecule has 0 aliphatic carbocycles. The molecule has 0 amide bonds. The Morgan fingerprint density at radius 1 is 1.00 bits per heavy atom. The second-order valence-corrected chi connectivity index (χ2v) is 8.19. The Balaban J connectivity index is 1.66. The highest BCUT2D eigenvalue weighted by Crippen LogP contribution is 2.22. The molecule has 0 unspecified atom stereocenters. The van der Waals surface area contributed by atoms with Crippen LogP contribution in [0, 0.1) is 11.6 Å². The summed E-state index contributed by atoms with van der Waals surface area (Å²) < 4.78 is 52.9. The molecule has 1 fully saturated rings. The number of benzene rings is 2. The molecule has 0 radical (unpaired) electrons. The van der Waals surface area contributed by atoms with Gasteiger partial charge in [-0.2, -0.15) is 4.31 Å². The predicted octanol–water partition coefficient (Wildman–Crippen LogP) is 3.56. The molecular weight excluding hydrogens is 380 g/mol. The first-order valence-electron chi connectivity index (χ1n) is 7.99. The third kappa shape index (κ3) is 4.17. The summed E-state index contributed by atoms with van der Waals surface area (Å²) in [6.45, 7) is 1.08. The van der Waals surface area contributed by atoms with Gasteiger partial charge in [0.15, 0.2) is 5.11 Å². The van der Waals surface area contributed by atoms with Gasteiger partial charge in [0.25, 0.3) is 0 Å². The average Bonchev–Trinajstić information content (AvgIpc) is 3.13. The summed E-state index contributed by atoms with van der Waals surface area (Å²) >= 11 is 5.10. The molecule has 138 valence electrons. The van der Waals surface area contributed by atoms with Gasteiger partial charge in [-0.3, -0.25) is 0 Å². The second-order valence-electron chi connectivity index (χ2n) is 5.84. The highest BCUT2D eigenvalue weighted by molar-refractivity contribution is 7.89. The maximum Gasteiger partial charge on any atom is 0.243 e. The summed E-state index contributed by atoms with van der Waals surface area (Å²) in [6, 6.07) is 9.27. The van der Waals surface area contributed by atoms with E-state index in [9.17, 15) is 17.2 Å². The SMILES string of the molecule is O=S(=O)(c1ccc(NC(=S)Nc2ccc(F)cc2F)cc1)N1CCCC1. The van der Waals surface area contributed by atoms with Crippen molar-refractivity contribution in [3.63, 3.8) is 0 Å².